The van der Waals surface area contributed by atoms with Crippen molar-refractivity contribution in [3.63, 3.8) is 0 Å². The van der Waals surface area contributed by atoms with E-state index in [-0.39, 0.29) is 6.04 Å². The van der Waals surface area contributed by atoms with Gasteiger partial charge in [0, 0.05) is 51.3 Å². The van der Waals surface area contributed by atoms with Gasteiger partial charge in [-0.2, -0.15) is 0 Å². The molecule has 2 aromatic rings. The number of anilines is 2. The van der Waals surface area contributed by atoms with Crippen molar-refractivity contribution in [3.05, 3.63) is 30.0 Å². The molecule has 2 atom stereocenters. The topological polar surface area (TPSA) is 68.0 Å². The van der Waals surface area contributed by atoms with Gasteiger partial charge in [-0.3, -0.25) is 9.19 Å². The Hall–Kier alpha value is -1.62. The number of aryl methyl sites for hydroxylation is 1. The molecule has 1 aromatic carbocycles. The summed E-state index contributed by atoms with van der Waals surface area (Å²) in [6.07, 6.45) is 2.60. The van der Waals surface area contributed by atoms with Crippen LogP contribution in [0.15, 0.2) is 24.3 Å². The van der Waals surface area contributed by atoms with Crippen molar-refractivity contribution in [2.45, 2.75) is 26.3 Å². The van der Waals surface area contributed by atoms with Gasteiger partial charge < -0.3 is 11.1 Å². The van der Waals surface area contributed by atoms with Crippen molar-refractivity contribution < 1.29 is 4.21 Å². The predicted molar refractivity (Wildman–Crippen MR) is 87.5 cm³/mol. The quantitative estimate of drug-likeness (QED) is 0.831. The molecule has 0 aliphatic heterocycles. The fourth-order valence-electron chi connectivity index (χ4n) is 2.18. The molecular weight excluding hydrogens is 270 g/mol. The van der Waals surface area contributed by atoms with Crippen LogP contribution in [0.2, 0.25) is 0 Å². The second-order valence-electron chi connectivity index (χ2n) is 5.20. The fourth-order valence-corrected chi connectivity index (χ4v) is 2.86. The monoisotopic (exact) mass is 291 g/mol. The summed E-state index contributed by atoms with van der Waals surface area (Å²) in [5.41, 5.74) is 9.54. The third-order valence-electron chi connectivity index (χ3n) is 3.20. The van der Waals surface area contributed by atoms with Gasteiger partial charge >= 0.3 is 0 Å². The minimum Gasteiger partial charge on any atom is -0.399 e. The van der Waals surface area contributed by atoms with Crippen molar-refractivity contribution in [1.29, 1.82) is 0 Å². The molecule has 2 rings (SSSR count). The number of nitrogens with zero attached hydrogens (tertiary/aromatic N) is 1. The maximum Gasteiger partial charge on any atom is 0.0727 e. The molecule has 0 spiro atoms. The first kappa shape index (κ1) is 14.8. The zero-order valence-electron chi connectivity index (χ0n) is 12.1. The fraction of sp³-hybridized carbons (Fsp3) is 0.400. The molecule has 5 heteroatoms. The Morgan fingerprint density at radius 3 is 2.85 bits per heavy atom. The van der Waals surface area contributed by atoms with Gasteiger partial charge in [-0.1, -0.05) is 0 Å². The number of fused-ring (bicyclic) bond motifs is 1. The summed E-state index contributed by atoms with van der Waals surface area (Å²) in [5, 5.41) is 4.51. The molecule has 0 aliphatic carbocycles. The number of hydrogen-bond acceptors (Lipinski definition) is 4. The van der Waals surface area contributed by atoms with Gasteiger partial charge in [0.25, 0.3) is 0 Å². The summed E-state index contributed by atoms with van der Waals surface area (Å²) in [6, 6.07) is 8.03. The molecule has 0 bridgehead atoms. The maximum absolute atomic E-state index is 11.2. The third kappa shape index (κ3) is 3.70. The summed E-state index contributed by atoms with van der Waals surface area (Å²) in [7, 11) is -0.752. The van der Waals surface area contributed by atoms with E-state index in [9.17, 15) is 4.21 Å². The van der Waals surface area contributed by atoms with E-state index >= 15 is 0 Å². The molecule has 0 fully saturated rings. The SMILES string of the molecule is Cc1cc(NC(C)CCS(C)=O)c2cc(N)ccc2n1. The van der Waals surface area contributed by atoms with E-state index in [1.165, 1.54) is 0 Å². The minimum absolute atomic E-state index is 0.255. The van der Waals surface area contributed by atoms with Gasteiger partial charge in [-0.15, -0.1) is 0 Å². The molecule has 20 heavy (non-hydrogen) atoms. The maximum atomic E-state index is 11.2. The van der Waals surface area contributed by atoms with Crippen LogP contribution < -0.4 is 11.1 Å². The lowest BCUT2D eigenvalue weighted by Gasteiger charge is -2.17. The number of rotatable bonds is 5. The lowest BCUT2D eigenvalue weighted by Crippen LogP contribution is -2.18. The highest BCUT2D eigenvalue weighted by Crippen LogP contribution is 2.26. The lowest BCUT2D eigenvalue weighted by atomic mass is 10.1. The predicted octanol–water partition coefficient (Wildman–Crippen LogP) is 2.69. The normalized spacial score (nSPS) is 14.2. The van der Waals surface area contributed by atoms with Gasteiger partial charge in [0.15, 0.2) is 0 Å². The first-order valence-electron chi connectivity index (χ1n) is 6.69. The van der Waals surface area contributed by atoms with E-state index in [0.29, 0.717) is 5.75 Å². The standard InChI is InChI=1S/C15H21N3OS/c1-10(6-7-20(3)19)17-15-8-11(2)18-14-5-4-12(16)9-13(14)15/h4-5,8-10H,6-7,16H2,1-3H3,(H,17,18). The molecule has 4 nitrogen and oxygen atoms in total. The Labute approximate surface area is 122 Å². The number of nitrogens with one attached hydrogen (secondary N) is 1. The zero-order chi connectivity index (χ0) is 14.7. The van der Waals surface area contributed by atoms with Crippen LogP contribution in [0.3, 0.4) is 0 Å². The van der Waals surface area contributed by atoms with Crippen LogP contribution in [-0.4, -0.2) is 27.2 Å². The molecule has 0 saturated heterocycles. The summed E-state index contributed by atoms with van der Waals surface area (Å²) in [5.74, 6) is 0.707. The first-order chi connectivity index (χ1) is 9.45. The summed E-state index contributed by atoms with van der Waals surface area (Å²) in [4.78, 5) is 4.51. The molecule has 0 aliphatic rings. The average Bonchev–Trinajstić information content (AvgIpc) is 2.37. The molecule has 0 amide bonds. The Bertz CT molecular complexity index is 642. The highest BCUT2D eigenvalue weighted by atomic mass is 32.2. The number of benzene rings is 1. The van der Waals surface area contributed by atoms with Gasteiger partial charge in [-0.25, -0.2) is 0 Å². The smallest absolute Gasteiger partial charge is 0.0727 e. The second-order valence-corrected chi connectivity index (χ2v) is 6.75. The Morgan fingerprint density at radius 2 is 2.15 bits per heavy atom. The molecule has 0 saturated carbocycles. The van der Waals surface area contributed by atoms with Crippen LogP contribution in [0, 0.1) is 6.92 Å². The van der Waals surface area contributed by atoms with Gasteiger partial charge in [-0.05, 0) is 44.5 Å². The second kappa shape index (κ2) is 6.22. The van der Waals surface area contributed by atoms with Crippen LogP contribution in [0.5, 0.6) is 0 Å². The van der Waals surface area contributed by atoms with Crippen molar-refractivity contribution >= 4 is 33.1 Å². The van der Waals surface area contributed by atoms with Gasteiger partial charge in [0.2, 0.25) is 0 Å². The molecule has 2 unspecified atom stereocenters. The van der Waals surface area contributed by atoms with E-state index in [0.717, 1.165) is 34.4 Å². The number of hydrogen-bond donors (Lipinski definition) is 2. The van der Waals surface area contributed by atoms with E-state index in [4.69, 9.17) is 5.73 Å². The lowest BCUT2D eigenvalue weighted by molar-refractivity contribution is 0.678. The molecular formula is C15H21N3OS. The van der Waals surface area contributed by atoms with Crippen molar-refractivity contribution in [2.75, 3.05) is 23.1 Å². The van der Waals surface area contributed by atoms with E-state index in [1.54, 1.807) is 6.26 Å². The number of aromatic nitrogens is 1. The van der Waals surface area contributed by atoms with Crippen molar-refractivity contribution in [1.82, 2.24) is 4.98 Å². The largest absolute Gasteiger partial charge is 0.399 e. The van der Waals surface area contributed by atoms with Crippen molar-refractivity contribution in [3.8, 4) is 0 Å². The summed E-state index contributed by atoms with van der Waals surface area (Å²) >= 11 is 0. The van der Waals surface area contributed by atoms with Gasteiger partial charge in [0.05, 0.1) is 5.52 Å². The molecule has 1 aromatic heterocycles. The highest BCUT2D eigenvalue weighted by molar-refractivity contribution is 7.84. The van der Waals surface area contributed by atoms with Crippen LogP contribution >= 0.6 is 0 Å². The molecule has 0 radical (unpaired) electrons. The molecule has 108 valence electrons. The van der Waals surface area contributed by atoms with Crippen molar-refractivity contribution in [2.24, 2.45) is 0 Å². The average molecular weight is 291 g/mol. The van der Waals surface area contributed by atoms with Crippen LogP contribution in [0.25, 0.3) is 10.9 Å². The third-order valence-corrected chi connectivity index (χ3v) is 4.01. The Balaban J connectivity index is 2.28. The Kier molecular flexibility index (Phi) is 4.60. The van der Waals surface area contributed by atoms with E-state index in [1.807, 2.05) is 31.2 Å². The van der Waals surface area contributed by atoms with Crippen LogP contribution in [-0.2, 0) is 10.8 Å². The van der Waals surface area contributed by atoms with Gasteiger partial charge in [0.1, 0.15) is 0 Å². The summed E-state index contributed by atoms with van der Waals surface area (Å²) < 4.78 is 11.2. The van der Waals surface area contributed by atoms with Crippen LogP contribution in [0.4, 0.5) is 11.4 Å². The zero-order valence-corrected chi connectivity index (χ0v) is 13.0. The van der Waals surface area contributed by atoms with E-state index < -0.39 is 10.8 Å². The first-order valence-corrected chi connectivity index (χ1v) is 8.42. The molecule has 3 N–H and O–H groups in total. The Morgan fingerprint density at radius 1 is 1.40 bits per heavy atom. The summed E-state index contributed by atoms with van der Waals surface area (Å²) in [6.45, 7) is 4.08. The number of pyridine rings is 1. The molecule has 1 heterocycles. The van der Waals surface area contributed by atoms with Crippen LogP contribution in [0.1, 0.15) is 19.0 Å². The van der Waals surface area contributed by atoms with E-state index in [2.05, 4.69) is 17.2 Å². The minimum atomic E-state index is -0.752. The number of nitrogens with two attached hydrogens (primary N) is 1. The number of nitrogen functional groups attached to an aromatic ring is 1. The highest BCUT2D eigenvalue weighted by Gasteiger charge is 2.08.